The maximum atomic E-state index is 7.00. The summed E-state index contributed by atoms with van der Waals surface area (Å²) in [5.74, 6) is 0. The molecule has 0 unspecified atom stereocenters. The summed E-state index contributed by atoms with van der Waals surface area (Å²) < 4.78 is 0. The average Bonchev–Trinajstić information content (AvgIpc) is 2.20. The molecule has 0 spiro atoms. The minimum absolute atomic E-state index is 0. The van der Waals surface area contributed by atoms with E-state index in [0.717, 1.165) is 35.5 Å². The van der Waals surface area contributed by atoms with E-state index in [1.807, 2.05) is 0 Å². The maximum absolute atomic E-state index is 7.00. The molecule has 0 aliphatic rings. The van der Waals surface area contributed by atoms with Crippen LogP contribution in [0.1, 0.15) is 7.13 Å². The summed E-state index contributed by atoms with van der Waals surface area (Å²) in [5.41, 5.74) is 0. The zero-order valence-corrected chi connectivity index (χ0v) is 14.7. The van der Waals surface area contributed by atoms with Gasteiger partial charge in [0, 0.05) is 35.5 Å². The lowest BCUT2D eigenvalue weighted by molar-refractivity contribution is 0.399. The third-order valence-electron chi connectivity index (χ3n) is 0. The molecule has 0 radical (unpaired) electrons. The number of rotatable bonds is 0. The second kappa shape index (κ2) is 17900. The zero-order chi connectivity index (χ0) is 10.0. The Morgan fingerprint density at radius 3 is 0.200 bits per heavy atom. The molecule has 0 heterocycles. The zero-order valence-electron chi connectivity index (χ0n) is 19.7. The summed E-state index contributed by atoms with van der Waals surface area (Å²) in [4.78, 5) is 0. The molecule has 20 heteroatoms. The van der Waals surface area contributed by atoms with E-state index < -0.39 is 0 Å². The summed E-state index contributed by atoms with van der Waals surface area (Å²) in [6, 6.07) is 0. The molecule has 0 rings (SSSR count). The molecule has 0 bridgehead atoms. The maximum Gasteiger partial charge on any atom is 1.00 e. The lowest BCUT2D eigenvalue weighted by Gasteiger charge is -1.21. The van der Waals surface area contributed by atoms with Crippen LogP contribution in [0.15, 0.2) is 0 Å². The van der Waals surface area contributed by atoms with E-state index in [1.165, 1.54) is 0 Å². The quantitative estimate of drug-likeness (QED) is 0.246. The van der Waals surface area contributed by atoms with Crippen molar-refractivity contribution in [2.75, 3.05) is 35.5 Å². The average molecular weight is 435 g/mol. The van der Waals surface area contributed by atoms with Crippen LogP contribution in [0.2, 0.25) is 0 Å². The highest BCUT2D eigenvalue weighted by molar-refractivity contribution is 3.18. The number of aliphatic hydroxyl groups excluding tert-OH is 5. The van der Waals surface area contributed by atoms with Gasteiger partial charge in [-0.05, 0) is 0 Å². The van der Waals surface area contributed by atoms with Crippen LogP contribution in [0.4, 0.5) is 0 Å². The highest BCUT2D eigenvalue weighted by atomic mass is 16.2. The highest BCUT2D eigenvalue weighted by Gasteiger charge is 0.847. The smallest absolute Gasteiger partial charge is 0.412 e. The number of aliphatic hydroxyl groups is 5. The molecule has 0 aromatic carbocycles. The van der Waals surface area contributed by atoms with Gasteiger partial charge in [0.1, 0.15) is 0 Å². The van der Waals surface area contributed by atoms with E-state index in [9.17, 15) is 0 Å². The van der Waals surface area contributed by atoms with Crippen molar-refractivity contribution in [3.63, 3.8) is 0 Å². The Kier molecular flexibility index (Phi) is 528000. The third-order valence-corrected chi connectivity index (χ3v) is 0. The highest BCUT2D eigenvalue weighted by Crippen LogP contribution is 0.763. The molecule has 0 fully saturated rings. The van der Waals surface area contributed by atoms with Crippen molar-refractivity contribution >= 4 is 0 Å². The van der Waals surface area contributed by atoms with Gasteiger partial charge in [0.05, 0.1) is 0 Å². The molecule has 35 N–H and O–H groups in total. The third kappa shape index (κ3) is 16300. The van der Waals surface area contributed by atoms with Gasteiger partial charge in [-0.15, -0.1) is 0 Å². The molecule has 25 heavy (non-hydrogen) atoms. The molecular formula is C5H55O20+5. The molecule has 0 saturated carbocycles. The topological polar surface area (TPSA) is 574 Å². The molecule has 0 aromatic heterocycles. The predicted molar refractivity (Wildman–Crippen MR) is 100 cm³/mol. The minimum Gasteiger partial charge on any atom is -0.412 e. The first-order valence-electron chi connectivity index (χ1n) is 2.24. The standard InChI is InChI=1S/5CH4O.15H2O/c5*1-2;;;;;;;;;;;;;;;/h5*2H,1H3;15*1H2/p+5. The Bertz CT molecular complexity index is 37.5. The largest absolute Gasteiger partial charge is 1.00 e. The van der Waals surface area contributed by atoms with Crippen LogP contribution < -0.4 is 0 Å². The van der Waals surface area contributed by atoms with Crippen LogP contribution in [0.3, 0.4) is 0 Å². The Labute approximate surface area is 152 Å². The van der Waals surface area contributed by atoms with Crippen LogP contribution >= 0.6 is 0 Å². The fourth-order valence-electron chi connectivity index (χ4n) is 0. The molecule has 20 nitrogen and oxygen atoms in total. The van der Waals surface area contributed by atoms with Crippen molar-refractivity contribution in [3.05, 3.63) is 0 Å². The predicted octanol–water partition coefficient (Wildman–Crippen LogP) is -13.8. The fourth-order valence-corrected chi connectivity index (χ4v) is 0. The monoisotopic (exact) mass is 435 g/mol. The first-order valence-corrected chi connectivity index (χ1v) is 2.24. The molecule has 0 aromatic rings. The SMILES string of the molecule is CO.CO.CO.CO.CO.O.O.O.O.O.O.O.O.O.O.O.O.O.O.O.[H+].[H+].[H+].[H+].[H+]. The van der Waals surface area contributed by atoms with Gasteiger partial charge < -0.3 is 108 Å². The fraction of sp³-hybridized carbons (Fsp3) is 1.00. The summed E-state index contributed by atoms with van der Waals surface area (Å²) in [5, 5.41) is 35.0. The van der Waals surface area contributed by atoms with Crippen molar-refractivity contribution in [1.82, 2.24) is 0 Å². The normalized spacial score (nSPS) is 1.20. The van der Waals surface area contributed by atoms with E-state index in [2.05, 4.69) is 0 Å². The molecule has 190 valence electrons. The van der Waals surface area contributed by atoms with E-state index in [1.54, 1.807) is 0 Å². The van der Waals surface area contributed by atoms with E-state index in [4.69, 9.17) is 25.5 Å². The Balaban J connectivity index is -0.000000000388. The number of hydrogen-bond acceptors (Lipinski definition) is 5. The Morgan fingerprint density at radius 2 is 0.200 bits per heavy atom. The van der Waals surface area contributed by atoms with Gasteiger partial charge in [0.25, 0.3) is 0 Å². The lowest BCUT2D eigenvalue weighted by Crippen LogP contribution is -1.25. The molecular weight excluding hydrogens is 380 g/mol. The van der Waals surface area contributed by atoms with Gasteiger partial charge in [-0.3, -0.25) is 0 Å². The van der Waals surface area contributed by atoms with Gasteiger partial charge in [0.15, 0.2) is 0 Å². The molecule has 0 amide bonds. The van der Waals surface area contributed by atoms with Crippen molar-refractivity contribution in [2.45, 2.75) is 0 Å². The van der Waals surface area contributed by atoms with Crippen LogP contribution in [0.5, 0.6) is 0 Å². The van der Waals surface area contributed by atoms with Crippen LogP contribution in [0.25, 0.3) is 0 Å². The Morgan fingerprint density at radius 1 is 0.200 bits per heavy atom. The van der Waals surface area contributed by atoms with Crippen molar-refractivity contribution in [1.29, 1.82) is 0 Å². The van der Waals surface area contributed by atoms with Crippen molar-refractivity contribution in [3.8, 4) is 0 Å². The molecule has 0 saturated heterocycles. The second-order valence-electron chi connectivity index (χ2n) is 0. The van der Waals surface area contributed by atoms with Gasteiger partial charge >= 0.3 is 7.13 Å². The molecule has 0 aliphatic carbocycles. The summed E-state index contributed by atoms with van der Waals surface area (Å²) in [6.07, 6.45) is 0. The summed E-state index contributed by atoms with van der Waals surface area (Å²) in [7, 11) is 5.00. The lowest BCUT2D eigenvalue weighted by atomic mass is 11.8. The summed E-state index contributed by atoms with van der Waals surface area (Å²) in [6.45, 7) is 0. The number of hydrogen-bond donors (Lipinski definition) is 5. The van der Waals surface area contributed by atoms with Crippen LogP contribution in [-0.4, -0.2) is 143 Å². The summed E-state index contributed by atoms with van der Waals surface area (Å²) >= 11 is 0. The van der Waals surface area contributed by atoms with Crippen LogP contribution in [0, 0.1) is 0 Å². The van der Waals surface area contributed by atoms with E-state index in [-0.39, 0.29) is 89.3 Å². The van der Waals surface area contributed by atoms with E-state index >= 15 is 0 Å². The van der Waals surface area contributed by atoms with Crippen LogP contribution in [-0.2, 0) is 0 Å². The van der Waals surface area contributed by atoms with Gasteiger partial charge in [0.2, 0.25) is 0 Å². The van der Waals surface area contributed by atoms with Gasteiger partial charge in [-0.1, -0.05) is 0 Å². The van der Waals surface area contributed by atoms with Crippen molar-refractivity contribution in [2.24, 2.45) is 0 Å². The van der Waals surface area contributed by atoms with Gasteiger partial charge in [-0.25, -0.2) is 0 Å². The first kappa shape index (κ1) is 738. The second-order valence-corrected chi connectivity index (χ2v) is 0. The van der Waals surface area contributed by atoms with Crippen molar-refractivity contribution < 1.29 is 115 Å². The minimum atomic E-state index is 0. The molecule has 0 atom stereocenters. The first-order chi connectivity index (χ1) is 5.00. The molecule has 0 aliphatic heterocycles. The van der Waals surface area contributed by atoms with E-state index in [0.29, 0.717) is 0 Å². The Hall–Kier alpha value is -0.800. The van der Waals surface area contributed by atoms with Gasteiger partial charge in [-0.2, -0.15) is 0 Å².